The smallest absolute Gasteiger partial charge is 0.335 e. The van der Waals surface area contributed by atoms with Crippen LogP contribution in [0.25, 0.3) is 6.08 Å². The number of nitrogens with one attached hydrogen (secondary N) is 1. The van der Waals surface area contributed by atoms with Gasteiger partial charge >= 0.3 is 6.03 Å². The summed E-state index contributed by atoms with van der Waals surface area (Å²) >= 11 is 0. The summed E-state index contributed by atoms with van der Waals surface area (Å²) in [6.07, 6.45) is 1.46. The van der Waals surface area contributed by atoms with Crippen LogP contribution >= 0.6 is 0 Å². The quantitative estimate of drug-likeness (QED) is 0.323. The molecule has 0 saturated carbocycles. The zero-order valence-electron chi connectivity index (χ0n) is 18.9. The van der Waals surface area contributed by atoms with E-state index in [0.29, 0.717) is 30.2 Å². The predicted molar refractivity (Wildman–Crippen MR) is 129 cm³/mol. The monoisotopic (exact) mass is 456 g/mol. The van der Waals surface area contributed by atoms with Crippen molar-refractivity contribution in [1.82, 2.24) is 5.32 Å². The third-order valence-corrected chi connectivity index (χ3v) is 5.19. The van der Waals surface area contributed by atoms with Gasteiger partial charge in [0.1, 0.15) is 30.3 Å². The molecule has 1 saturated heterocycles. The zero-order chi connectivity index (χ0) is 24.1. The SMILES string of the molecule is Cc1ccc(OCCOc2ccc(/C=C3\C(=O)NC(=O)N(c4cccc(C)c4)C3=O)cc2)cc1. The normalized spacial score (nSPS) is 14.8. The summed E-state index contributed by atoms with van der Waals surface area (Å²) in [5, 5.41) is 2.23. The molecule has 4 rings (SSSR count). The maximum absolute atomic E-state index is 13.0. The van der Waals surface area contributed by atoms with E-state index in [2.05, 4.69) is 5.32 Å². The summed E-state index contributed by atoms with van der Waals surface area (Å²) in [6, 6.07) is 20.9. The van der Waals surface area contributed by atoms with Gasteiger partial charge in [0.05, 0.1) is 5.69 Å². The molecule has 34 heavy (non-hydrogen) atoms. The lowest BCUT2D eigenvalue weighted by molar-refractivity contribution is -0.122. The van der Waals surface area contributed by atoms with Gasteiger partial charge in [-0.1, -0.05) is 42.0 Å². The molecule has 0 radical (unpaired) electrons. The minimum absolute atomic E-state index is 0.124. The lowest BCUT2D eigenvalue weighted by atomic mass is 10.1. The van der Waals surface area contributed by atoms with Crippen molar-refractivity contribution in [2.45, 2.75) is 13.8 Å². The van der Waals surface area contributed by atoms with Gasteiger partial charge in [-0.2, -0.15) is 0 Å². The van der Waals surface area contributed by atoms with Gasteiger partial charge in [0.2, 0.25) is 0 Å². The second-order valence-corrected chi connectivity index (χ2v) is 7.88. The Kier molecular flexibility index (Phi) is 6.73. The predicted octanol–water partition coefficient (Wildman–Crippen LogP) is 4.43. The van der Waals surface area contributed by atoms with Crippen LogP contribution in [0.2, 0.25) is 0 Å². The molecule has 4 amide bonds. The topological polar surface area (TPSA) is 84.9 Å². The van der Waals surface area contributed by atoms with Gasteiger partial charge in [-0.15, -0.1) is 0 Å². The molecule has 172 valence electrons. The van der Waals surface area contributed by atoms with Crippen LogP contribution in [0.3, 0.4) is 0 Å². The molecule has 0 atom stereocenters. The van der Waals surface area contributed by atoms with Crippen LogP contribution in [-0.4, -0.2) is 31.1 Å². The highest BCUT2D eigenvalue weighted by atomic mass is 16.5. The molecule has 0 aliphatic carbocycles. The number of hydrogen-bond donors (Lipinski definition) is 1. The lowest BCUT2D eigenvalue weighted by Crippen LogP contribution is -2.54. The van der Waals surface area contributed by atoms with Crippen molar-refractivity contribution in [2.75, 3.05) is 18.1 Å². The number of ether oxygens (including phenoxy) is 2. The largest absolute Gasteiger partial charge is 0.490 e. The second kappa shape index (κ2) is 10.0. The van der Waals surface area contributed by atoms with E-state index in [1.54, 1.807) is 42.5 Å². The highest BCUT2D eigenvalue weighted by Crippen LogP contribution is 2.23. The average molecular weight is 456 g/mol. The summed E-state index contributed by atoms with van der Waals surface area (Å²) in [6.45, 7) is 4.63. The molecule has 3 aromatic rings. The third kappa shape index (κ3) is 5.32. The Bertz CT molecular complexity index is 1250. The maximum Gasteiger partial charge on any atom is 0.335 e. The van der Waals surface area contributed by atoms with Gasteiger partial charge in [0.15, 0.2) is 0 Å². The Morgan fingerprint density at radius 2 is 1.41 bits per heavy atom. The highest BCUT2D eigenvalue weighted by molar-refractivity contribution is 6.39. The second-order valence-electron chi connectivity index (χ2n) is 7.88. The fourth-order valence-corrected chi connectivity index (χ4v) is 3.44. The van der Waals surface area contributed by atoms with Crippen molar-refractivity contribution in [3.05, 3.63) is 95.1 Å². The molecule has 7 heteroatoms. The number of amides is 4. The number of nitrogens with zero attached hydrogens (tertiary/aromatic N) is 1. The van der Waals surface area contributed by atoms with E-state index in [-0.39, 0.29) is 5.57 Å². The van der Waals surface area contributed by atoms with Gasteiger partial charge < -0.3 is 9.47 Å². The Hall–Kier alpha value is -4.39. The minimum Gasteiger partial charge on any atom is -0.490 e. The van der Waals surface area contributed by atoms with E-state index in [4.69, 9.17) is 9.47 Å². The number of benzene rings is 3. The summed E-state index contributed by atoms with van der Waals surface area (Å²) in [7, 11) is 0. The average Bonchev–Trinajstić information content (AvgIpc) is 2.81. The molecule has 1 N–H and O–H groups in total. The Morgan fingerprint density at radius 3 is 2.03 bits per heavy atom. The first kappa shape index (κ1) is 22.8. The summed E-state index contributed by atoms with van der Waals surface area (Å²) in [5.41, 5.74) is 2.96. The first-order chi connectivity index (χ1) is 16.4. The Morgan fingerprint density at radius 1 is 0.794 bits per heavy atom. The molecule has 1 fully saturated rings. The van der Waals surface area contributed by atoms with Crippen LogP contribution in [0, 0.1) is 13.8 Å². The molecular weight excluding hydrogens is 432 g/mol. The van der Waals surface area contributed by atoms with Gasteiger partial charge in [-0.25, -0.2) is 9.69 Å². The maximum atomic E-state index is 13.0. The van der Waals surface area contributed by atoms with E-state index in [1.165, 1.54) is 11.6 Å². The number of barbiturate groups is 1. The number of carbonyl (C=O) groups excluding carboxylic acids is 3. The molecule has 1 heterocycles. The van der Waals surface area contributed by atoms with E-state index in [1.807, 2.05) is 44.2 Å². The molecule has 3 aromatic carbocycles. The Balaban J connectivity index is 1.40. The number of aryl methyl sites for hydroxylation is 2. The summed E-state index contributed by atoms with van der Waals surface area (Å²) in [4.78, 5) is 38.6. The third-order valence-electron chi connectivity index (χ3n) is 5.19. The fraction of sp³-hybridized carbons (Fsp3) is 0.148. The van der Waals surface area contributed by atoms with E-state index in [0.717, 1.165) is 16.2 Å². The molecule has 1 aliphatic rings. The summed E-state index contributed by atoms with van der Waals surface area (Å²) < 4.78 is 11.3. The van der Waals surface area contributed by atoms with Crippen molar-refractivity contribution in [3.8, 4) is 11.5 Å². The fourth-order valence-electron chi connectivity index (χ4n) is 3.44. The number of urea groups is 1. The van der Waals surface area contributed by atoms with Crippen molar-refractivity contribution >= 4 is 29.6 Å². The minimum atomic E-state index is -0.769. The van der Waals surface area contributed by atoms with Crippen LogP contribution in [-0.2, 0) is 9.59 Å². The molecule has 0 spiro atoms. The Labute approximate surface area is 197 Å². The lowest BCUT2D eigenvalue weighted by Gasteiger charge is -2.26. The molecular formula is C27H24N2O5. The van der Waals surface area contributed by atoms with Crippen molar-refractivity contribution < 1.29 is 23.9 Å². The number of anilines is 1. The van der Waals surface area contributed by atoms with Crippen LogP contribution in [0.1, 0.15) is 16.7 Å². The number of imide groups is 2. The first-order valence-electron chi connectivity index (χ1n) is 10.8. The van der Waals surface area contributed by atoms with Crippen LogP contribution in [0.4, 0.5) is 10.5 Å². The van der Waals surface area contributed by atoms with Crippen molar-refractivity contribution in [3.63, 3.8) is 0 Å². The van der Waals surface area contributed by atoms with Gasteiger partial charge in [0.25, 0.3) is 11.8 Å². The van der Waals surface area contributed by atoms with Gasteiger partial charge in [-0.05, 0) is 67.4 Å². The first-order valence-corrected chi connectivity index (χ1v) is 10.8. The van der Waals surface area contributed by atoms with Gasteiger partial charge in [0, 0.05) is 0 Å². The van der Waals surface area contributed by atoms with Crippen molar-refractivity contribution in [1.29, 1.82) is 0 Å². The van der Waals surface area contributed by atoms with Crippen LogP contribution in [0.15, 0.2) is 78.4 Å². The number of hydrogen-bond acceptors (Lipinski definition) is 5. The summed E-state index contributed by atoms with van der Waals surface area (Å²) in [5.74, 6) is 0.0100. The standard InChI is InChI=1S/C27H24N2O5/c1-18-6-10-22(11-7-18)33-14-15-34-23-12-8-20(9-13-23)17-24-25(30)28-27(32)29(26(24)31)21-5-3-4-19(2)16-21/h3-13,16-17H,14-15H2,1-2H3,(H,28,30,32)/b24-17+. The number of carbonyl (C=O) groups is 3. The highest BCUT2D eigenvalue weighted by Gasteiger charge is 2.36. The van der Waals surface area contributed by atoms with E-state index >= 15 is 0 Å². The molecule has 7 nitrogen and oxygen atoms in total. The van der Waals surface area contributed by atoms with Crippen molar-refractivity contribution in [2.24, 2.45) is 0 Å². The molecule has 0 aromatic heterocycles. The molecule has 0 bridgehead atoms. The van der Waals surface area contributed by atoms with Crippen LogP contribution < -0.4 is 19.7 Å². The zero-order valence-corrected chi connectivity index (χ0v) is 18.9. The van der Waals surface area contributed by atoms with E-state index in [9.17, 15) is 14.4 Å². The number of rotatable bonds is 7. The van der Waals surface area contributed by atoms with E-state index < -0.39 is 17.8 Å². The molecule has 0 unspecified atom stereocenters. The van der Waals surface area contributed by atoms with Crippen LogP contribution in [0.5, 0.6) is 11.5 Å². The molecule has 1 aliphatic heterocycles. The van der Waals surface area contributed by atoms with Gasteiger partial charge in [-0.3, -0.25) is 14.9 Å².